The molecule has 2 rings (SSSR count). The lowest BCUT2D eigenvalue weighted by Crippen LogP contribution is -2.12. The highest BCUT2D eigenvalue weighted by Gasteiger charge is 2.12. The molecule has 5 nitrogen and oxygen atoms in total. The van der Waals surface area contributed by atoms with Crippen molar-refractivity contribution in [2.75, 3.05) is 5.32 Å². The highest BCUT2D eigenvalue weighted by molar-refractivity contribution is 7.12. The number of halogens is 1. The lowest BCUT2D eigenvalue weighted by Gasteiger charge is -2.02. The third-order valence-electron chi connectivity index (χ3n) is 1.80. The van der Waals surface area contributed by atoms with E-state index < -0.39 is 0 Å². The van der Waals surface area contributed by atoms with Crippen molar-refractivity contribution in [3.8, 4) is 0 Å². The Bertz CT molecular complexity index is 528. The van der Waals surface area contributed by atoms with E-state index in [0.717, 1.165) is 0 Å². The van der Waals surface area contributed by atoms with Crippen LogP contribution in [0, 0.1) is 6.92 Å². The summed E-state index contributed by atoms with van der Waals surface area (Å²) in [6.45, 7) is 1.77. The highest BCUT2D eigenvalue weighted by Crippen LogP contribution is 2.14. The van der Waals surface area contributed by atoms with Crippen molar-refractivity contribution in [3.05, 3.63) is 33.6 Å². The number of amides is 1. The van der Waals surface area contributed by atoms with Crippen LogP contribution in [0.5, 0.6) is 0 Å². The van der Waals surface area contributed by atoms with Gasteiger partial charge in [-0.1, -0.05) is 11.6 Å². The van der Waals surface area contributed by atoms with Crippen LogP contribution in [0.1, 0.15) is 15.4 Å². The molecule has 0 spiro atoms. The van der Waals surface area contributed by atoms with Gasteiger partial charge >= 0.3 is 0 Å². The van der Waals surface area contributed by atoms with Crippen molar-refractivity contribution < 1.29 is 4.79 Å². The van der Waals surface area contributed by atoms with E-state index in [4.69, 9.17) is 11.6 Å². The number of nitrogens with one attached hydrogen (secondary N) is 1. The molecule has 2 heterocycles. The third-order valence-corrected chi connectivity index (χ3v) is 2.91. The van der Waals surface area contributed by atoms with Crippen molar-refractivity contribution >= 4 is 34.7 Å². The summed E-state index contributed by atoms with van der Waals surface area (Å²) in [4.78, 5) is 24.0. The monoisotopic (exact) mass is 254 g/mol. The fourth-order valence-corrected chi connectivity index (χ4v) is 1.94. The van der Waals surface area contributed by atoms with Gasteiger partial charge in [-0.15, -0.1) is 11.3 Å². The molecule has 1 amide bonds. The molecule has 2 aromatic rings. The SMILES string of the molecule is Cc1ncsc1C(=O)Nc1cncc(Cl)n1. The number of carbonyl (C=O) groups excluding carboxylic acids is 1. The minimum absolute atomic E-state index is 0.235. The number of hydrogen-bond donors (Lipinski definition) is 1. The van der Waals surface area contributed by atoms with Gasteiger partial charge in [0, 0.05) is 0 Å². The van der Waals surface area contributed by atoms with E-state index in [1.807, 2.05) is 0 Å². The molecule has 0 atom stereocenters. The smallest absolute Gasteiger partial charge is 0.268 e. The highest BCUT2D eigenvalue weighted by atomic mass is 35.5. The van der Waals surface area contributed by atoms with Crippen molar-refractivity contribution in [1.29, 1.82) is 0 Å². The second-order valence-corrected chi connectivity index (χ2v) is 4.19. The third kappa shape index (κ3) is 2.34. The van der Waals surface area contributed by atoms with Crippen LogP contribution in [0.25, 0.3) is 0 Å². The van der Waals surface area contributed by atoms with Crippen LogP contribution in [0.2, 0.25) is 5.15 Å². The lowest BCUT2D eigenvalue weighted by molar-refractivity contribution is 0.102. The summed E-state index contributed by atoms with van der Waals surface area (Å²) in [5, 5.41) is 2.83. The number of hydrogen-bond acceptors (Lipinski definition) is 5. The molecule has 0 aliphatic heterocycles. The normalized spacial score (nSPS) is 10.1. The van der Waals surface area contributed by atoms with Crippen molar-refractivity contribution in [2.45, 2.75) is 6.92 Å². The maximum absolute atomic E-state index is 11.8. The predicted molar refractivity (Wildman–Crippen MR) is 61.8 cm³/mol. The number of carbonyl (C=O) groups is 1. The first-order chi connectivity index (χ1) is 7.66. The predicted octanol–water partition coefficient (Wildman–Crippen LogP) is 2.15. The summed E-state index contributed by atoms with van der Waals surface area (Å²) in [5.74, 6) is 0.0712. The van der Waals surface area contributed by atoms with E-state index in [1.165, 1.54) is 23.7 Å². The van der Waals surface area contributed by atoms with Crippen LogP contribution in [0.15, 0.2) is 17.9 Å². The van der Waals surface area contributed by atoms with Crippen molar-refractivity contribution in [1.82, 2.24) is 15.0 Å². The molecule has 0 saturated heterocycles. The Labute approximate surface area is 101 Å². The Balaban J connectivity index is 2.17. The van der Waals surface area contributed by atoms with Gasteiger partial charge in [0.2, 0.25) is 0 Å². The van der Waals surface area contributed by atoms with Crippen LogP contribution in [-0.4, -0.2) is 20.9 Å². The number of thiazole rings is 1. The second kappa shape index (κ2) is 4.54. The van der Waals surface area contributed by atoms with Gasteiger partial charge in [0.15, 0.2) is 5.82 Å². The molecule has 1 N–H and O–H groups in total. The van der Waals surface area contributed by atoms with Gasteiger partial charge < -0.3 is 5.32 Å². The Morgan fingerprint density at radius 1 is 1.50 bits per heavy atom. The van der Waals surface area contributed by atoms with Gasteiger partial charge in [0.05, 0.1) is 23.6 Å². The van der Waals surface area contributed by atoms with Crippen LogP contribution < -0.4 is 5.32 Å². The van der Waals surface area contributed by atoms with E-state index in [2.05, 4.69) is 20.3 Å². The molecule has 0 radical (unpaired) electrons. The van der Waals surface area contributed by atoms with Gasteiger partial charge in [0.1, 0.15) is 10.0 Å². The summed E-state index contributed by atoms with van der Waals surface area (Å²) < 4.78 is 0. The van der Waals surface area contributed by atoms with Crippen LogP contribution >= 0.6 is 22.9 Å². The van der Waals surface area contributed by atoms with E-state index in [1.54, 1.807) is 12.4 Å². The molecule has 0 unspecified atom stereocenters. The van der Waals surface area contributed by atoms with E-state index in [9.17, 15) is 4.79 Å². The largest absolute Gasteiger partial charge is 0.304 e. The van der Waals surface area contributed by atoms with Gasteiger partial charge in [-0.3, -0.25) is 9.78 Å². The zero-order valence-corrected chi connectivity index (χ0v) is 9.84. The van der Waals surface area contributed by atoms with Crippen LogP contribution in [-0.2, 0) is 0 Å². The Hall–Kier alpha value is -1.53. The van der Waals surface area contributed by atoms with Crippen molar-refractivity contribution in [2.24, 2.45) is 0 Å². The standard InChI is InChI=1S/C9H7ClN4OS/c1-5-8(16-4-12-5)9(15)14-7-3-11-2-6(10)13-7/h2-4H,1H3,(H,13,14,15). The van der Waals surface area contributed by atoms with E-state index in [-0.39, 0.29) is 11.1 Å². The van der Waals surface area contributed by atoms with Crippen LogP contribution in [0.3, 0.4) is 0 Å². The van der Waals surface area contributed by atoms with E-state index >= 15 is 0 Å². The summed E-state index contributed by atoms with van der Waals surface area (Å²) in [5.41, 5.74) is 2.31. The fraction of sp³-hybridized carbons (Fsp3) is 0.111. The van der Waals surface area contributed by atoms with Crippen molar-refractivity contribution in [3.63, 3.8) is 0 Å². The first-order valence-corrected chi connectivity index (χ1v) is 5.61. The van der Waals surface area contributed by atoms with Crippen LogP contribution in [0.4, 0.5) is 5.82 Å². The number of anilines is 1. The molecular formula is C9H7ClN4OS. The second-order valence-electron chi connectivity index (χ2n) is 2.95. The molecule has 0 aliphatic rings. The first-order valence-electron chi connectivity index (χ1n) is 4.36. The fourth-order valence-electron chi connectivity index (χ4n) is 1.10. The Kier molecular flexibility index (Phi) is 3.12. The maximum Gasteiger partial charge on any atom is 0.268 e. The Morgan fingerprint density at radius 3 is 2.94 bits per heavy atom. The molecule has 7 heteroatoms. The quantitative estimate of drug-likeness (QED) is 0.892. The Morgan fingerprint density at radius 2 is 2.31 bits per heavy atom. The maximum atomic E-state index is 11.8. The summed E-state index contributed by atoms with van der Waals surface area (Å²) >= 11 is 6.93. The molecule has 16 heavy (non-hydrogen) atoms. The zero-order valence-electron chi connectivity index (χ0n) is 8.27. The molecule has 0 aliphatic carbocycles. The van der Waals surface area contributed by atoms with Gasteiger partial charge in [-0.2, -0.15) is 0 Å². The molecule has 0 bridgehead atoms. The average molecular weight is 255 g/mol. The number of nitrogens with zero attached hydrogens (tertiary/aromatic N) is 3. The molecule has 0 saturated carbocycles. The summed E-state index contributed by atoms with van der Waals surface area (Å²) in [6, 6.07) is 0. The molecule has 82 valence electrons. The molecule has 0 fully saturated rings. The van der Waals surface area contributed by atoms with E-state index in [0.29, 0.717) is 16.4 Å². The van der Waals surface area contributed by atoms with Gasteiger partial charge in [-0.25, -0.2) is 9.97 Å². The minimum Gasteiger partial charge on any atom is -0.304 e. The van der Waals surface area contributed by atoms with Gasteiger partial charge in [-0.05, 0) is 6.92 Å². The topological polar surface area (TPSA) is 67.8 Å². The minimum atomic E-state index is -0.253. The lowest BCUT2D eigenvalue weighted by atomic mass is 10.4. The number of aryl methyl sites for hydroxylation is 1. The molecular weight excluding hydrogens is 248 g/mol. The van der Waals surface area contributed by atoms with Gasteiger partial charge in [0.25, 0.3) is 5.91 Å². The summed E-state index contributed by atoms with van der Waals surface area (Å²) in [6.07, 6.45) is 2.83. The average Bonchev–Trinajstić information content (AvgIpc) is 2.64. The summed E-state index contributed by atoms with van der Waals surface area (Å²) in [7, 11) is 0. The molecule has 0 aromatic carbocycles. The molecule has 2 aromatic heterocycles. The first kappa shape index (κ1) is 11.0. The number of rotatable bonds is 2. The zero-order chi connectivity index (χ0) is 11.5. The number of aromatic nitrogens is 3.